The Bertz CT molecular complexity index is 306. The standard InChI is InChI=1S/C14H27N3O2/c1-4-6-14(7-9-15-10-8-14)13(19)17-11(3)12(18)16-5-2/h11,15H,4-10H2,1-3H3,(H,16,18)(H,17,19). The second-order valence-electron chi connectivity index (χ2n) is 5.37. The number of likely N-dealkylation sites (N-methyl/N-ethyl adjacent to an activating group) is 1. The van der Waals surface area contributed by atoms with Crippen molar-refractivity contribution in [3.05, 3.63) is 0 Å². The molecule has 0 saturated carbocycles. The highest BCUT2D eigenvalue weighted by molar-refractivity contribution is 5.89. The van der Waals surface area contributed by atoms with Gasteiger partial charge in [-0.25, -0.2) is 0 Å². The van der Waals surface area contributed by atoms with E-state index in [1.807, 2.05) is 6.92 Å². The van der Waals surface area contributed by atoms with Crippen LogP contribution in [0.2, 0.25) is 0 Å². The van der Waals surface area contributed by atoms with Gasteiger partial charge in [-0.2, -0.15) is 0 Å². The molecule has 1 heterocycles. The molecule has 0 aromatic heterocycles. The number of hydrogen-bond acceptors (Lipinski definition) is 3. The number of amides is 2. The summed E-state index contributed by atoms with van der Waals surface area (Å²) in [5, 5.41) is 8.90. The number of nitrogens with one attached hydrogen (secondary N) is 3. The molecular formula is C14H27N3O2. The molecule has 110 valence electrons. The van der Waals surface area contributed by atoms with E-state index in [1.54, 1.807) is 6.92 Å². The summed E-state index contributed by atoms with van der Waals surface area (Å²) in [6.45, 7) is 8.06. The molecule has 1 atom stereocenters. The maximum Gasteiger partial charge on any atom is 0.242 e. The Balaban J connectivity index is 2.64. The molecule has 1 unspecified atom stereocenters. The Kier molecular flexibility index (Phi) is 6.28. The molecule has 0 aliphatic carbocycles. The van der Waals surface area contributed by atoms with Crippen molar-refractivity contribution in [3.63, 3.8) is 0 Å². The highest BCUT2D eigenvalue weighted by Crippen LogP contribution is 2.34. The van der Waals surface area contributed by atoms with Crippen molar-refractivity contribution in [3.8, 4) is 0 Å². The lowest BCUT2D eigenvalue weighted by Crippen LogP contribution is -2.53. The predicted molar refractivity (Wildman–Crippen MR) is 75.7 cm³/mol. The lowest BCUT2D eigenvalue weighted by molar-refractivity contribution is -0.136. The first-order valence-corrected chi connectivity index (χ1v) is 7.35. The van der Waals surface area contributed by atoms with Gasteiger partial charge in [-0.15, -0.1) is 0 Å². The van der Waals surface area contributed by atoms with Crippen LogP contribution < -0.4 is 16.0 Å². The molecule has 2 amide bonds. The highest BCUT2D eigenvalue weighted by Gasteiger charge is 2.39. The molecular weight excluding hydrogens is 242 g/mol. The number of rotatable bonds is 6. The first-order chi connectivity index (χ1) is 9.05. The Morgan fingerprint density at radius 2 is 1.89 bits per heavy atom. The molecule has 1 fully saturated rings. The third kappa shape index (κ3) is 4.20. The fourth-order valence-electron chi connectivity index (χ4n) is 2.72. The van der Waals surface area contributed by atoms with Gasteiger partial charge in [0.2, 0.25) is 11.8 Å². The summed E-state index contributed by atoms with van der Waals surface area (Å²) in [5.41, 5.74) is -0.291. The van der Waals surface area contributed by atoms with Crippen LogP contribution in [-0.2, 0) is 9.59 Å². The van der Waals surface area contributed by atoms with Crippen LogP contribution in [0.5, 0.6) is 0 Å². The zero-order chi connectivity index (χ0) is 14.3. The molecule has 0 bridgehead atoms. The van der Waals surface area contributed by atoms with Gasteiger partial charge in [-0.3, -0.25) is 9.59 Å². The molecule has 5 nitrogen and oxygen atoms in total. The van der Waals surface area contributed by atoms with E-state index in [1.165, 1.54) is 0 Å². The number of hydrogen-bond donors (Lipinski definition) is 3. The Morgan fingerprint density at radius 1 is 1.26 bits per heavy atom. The van der Waals surface area contributed by atoms with E-state index in [0.29, 0.717) is 6.54 Å². The first-order valence-electron chi connectivity index (χ1n) is 7.35. The highest BCUT2D eigenvalue weighted by atomic mass is 16.2. The summed E-state index contributed by atoms with van der Waals surface area (Å²) in [6, 6.07) is -0.462. The van der Waals surface area contributed by atoms with Crippen molar-refractivity contribution in [1.82, 2.24) is 16.0 Å². The monoisotopic (exact) mass is 269 g/mol. The average Bonchev–Trinajstić information content (AvgIpc) is 2.40. The minimum Gasteiger partial charge on any atom is -0.355 e. The second-order valence-corrected chi connectivity index (χ2v) is 5.37. The summed E-state index contributed by atoms with van der Waals surface area (Å²) < 4.78 is 0. The van der Waals surface area contributed by atoms with Gasteiger partial charge in [-0.1, -0.05) is 13.3 Å². The van der Waals surface area contributed by atoms with E-state index in [2.05, 4.69) is 22.9 Å². The minimum atomic E-state index is -0.462. The van der Waals surface area contributed by atoms with Gasteiger partial charge in [0.15, 0.2) is 0 Å². The maximum absolute atomic E-state index is 12.5. The van der Waals surface area contributed by atoms with E-state index in [-0.39, 0.29) is 17.2 Å². The molecule has 0 aromatic rings. The predicted octanol–water partition coefficient (Wildman–Crippen LogP) is 0.797. The van der Waals surface area contributed by atoms with Crippen LogP contribution in [0, 0.1) is 5.41 Å². The van der Waals surface area contributed by atoms with Crippen LogP contribution in [0.25, 0.3) is 0 Å². The molecule has 0 spiro atoms. The van der Waals surface area contributed by atoms with Crippen LogP contribution in [-0.4, -0.2) is 37.5 Å². The third-order valence-electron chi connectivity index (χ3n) is 3.86. The maximum atomic E-state index is 12.5. The quantitative estimate of drug-likeness (QED) is 0.668. The fraction of sp³-hybridized carbons (Fsp3) is 0.857. The van der Waals surface area contributed by atoms with E-state index in [9.17, 15) is 9.59 Å². The van der Waals surface area contributed by atoms with Crippen molar-refractivity contribution >= 4 is 11.8 Å². The van der Waals surface area contributed by atoms with Crippen molar-refractivity contribution in [1.29, 1.82) is 0 Å². The van der Waals surface area contributed by atoms with E-state index >= 15 is 0 Å². The normalized spacial score (nSPS) is 19.5. The summed E-state index contributed by atoms with van der Waals surface area (Å²) in [4.78, 5) is 24.2. The Morgan fingerprint density at radius 3 is 2.42 bits per heavy atom. The zero-order valence-corrected chi connectivity index (χ0v) is 12.3. The van der Waals surface area contributed by atoms with Crippen LogP contribution in [0.1, 0.15) is 46.5 Å². The van der Waals surface area contributed by atoms with Crippen LogP contribution in [0.4, 0.5) is 0 Å². The van der Waals surface area contributed by atoms with Crippen molar-refractivity contribution in [2.24, 2.45) is 5.41 Å². The largest absolute Gasteiger partial charge is 0.355 e. The first kappa shape index (κ1) is 16.0. The van der Waals surface area contributed by atoms with Crippen LogP contribution in [0.3, 0.4) is 0 Å². The van der Waals surface area contributed by atoms with E-state index < -0.39 is 6.04 Å². The summed E-state index contributed by atoms with van der Waals surface area (Å²) in [7, 11) is 0. The molecule has 3 N–H and O–H groups in total. The van der Waals surface area contributed by atoms with Crippen molar-refractivity contribution in [2.75, 3.05) is 19.6 Å². The van der Waals surface area contributed by atoms with Gasteiger partial charge in [0.25, 0.3) is 0 Å². The summed E-state index contributed by atoms with van der Waals surface area (Å²) in [6.07, 6.45) is 3.59. The molecule has 1 aliphatic rings. The van der Waals surface area contributed by atoms with Gasteiger partial charge in [-0.05, 0) is 46.2 Å². The van der Waals surface area contributed by atoms with Gasteiger partial charge in [0.1, 0.15) is 6.04 Å². The number of carbonyl (C=O) groups excluding carboxylic acids is 2. The molecule has 1 rings (SSSR count). The Labute approximate surface area is 115 Å². The third-order valence-corrected chi connectivity index (χ3v) is 3.86. The van der Waals surface area contributed by atoms with Gasteiger partial charge in [0, 0.05) is 6.54 Å². The number of carbonyl (C=O) groups is 2. The van der Waals surface area contributed by atoms with Gasteiger partial charge >= 0.3 is 0 Å². The smallest absolute Gasteiger partial charge is 0.242 e. The second kappa shape index (κ2) is 7.48. The van der Waals surface area contributed by atoms with Crippen LogP contribution in [0.15, 0.2) is 0 Å². The minimum absolute atomic E-state index is 0.0367. The topological polar surface area (TPSA) is 70.2 Å². The summed E-state index contributed by atoms with van der Waals surface area (Å²) in [5.74, 6) is -0.0777. The molecule has 0 aromatic carbocycles. The van der Waals surface area contributed by atoms with E-state index in [0.717, 1.165) is 38.8 Å². The molecule has 0 radical (unpaired) electrons. The molecule has 5 heteroatoms. The van der Waals surface area contributed by atoms with Crippen LogP contribution >= 0.6 is 0 Å². The van der Waals surface area contributed by atoms with Gasteiger partial charge in [0.05, 0.1) is 5.41 Å². The lowest BCUT2D eigenvalue weighted by Gasteiger charge is -2.36. The molecule has 19 heavy (non-hydrogen) atoms. The summed E-state index contributed by atoms with van der Waals surface area (Å²) >= 11 is 0. The SMILES string of the molecule is CCCC1(C(=O)NC(C)C(=O)NCC)CCNCC1. The van der Waals surface area contributed by atoms with Crippen molar-refractivity contribution in [2.45, 2.75) is 52.5 Å². The Hall–Kier alpha value is -1.10. The zero-order valence-electron chi connectivity index (χ0n) is 12.3. The average molecular weight is 269 g/mol. The fourth-order valence-corrected chi connectivity index (χ4v) is 2.72. The lowest BCUT2D eigenvalue weighted by atomic mass is 9.74. The van der Waals surface area contributed by atoms with E-state index in [4.69, 9.17) is 0 Å². The molecule has 1 saturated heterocycles. The molecule has 1 aliphatic heterocycles. The number of piperidine rings is 1. The van der Waals surface area contributed by atoms with Crippen molar-refractivity contribution < 1.29 is 9.59 Å². The van der Waals surface area contributed by atoms with Gasteiger partial charge < -0.3 is 16.0 Å².